The highest BCUT2D eigenvalue weighted by molar-refractivity contribution is 7.92. The van der Waals surface area contributed by atoms with Crippen LogP contribution in [0.3, 0.4) is 0 Å². The number of ether oxygens (including phenoxy) is 1. The Labute approximate surface area is 222 Å². The molecule has 3 aromatic rings. The molecule has 3 aromatic carbocycles. The van der Waals surface area contributed by atoms with Gasteiger partial charge in [0.2, 0.25) is 5.91 Å². The number of hydrogen-bond donors (Lipinski definition) is 2. The van der Waals surface area contributed by atoms with Crippen molar-refractivity contribution in [1.29, 1.82) is 0 Å². The first kappa shape index (κ1) is 28.0. The van der Waals surface area contributed by atoms with Gasteiger partial charge in [0.1, 0.15) is 12.3 Å². The van der Waals surface area contributed by atoms with Crippen molar-refractivity contribution in [2.75, 3.05) is 22.8 Å². The van der Waals surface area contributed by atoms with Crippen LogP contribution < -0.4 is 19.7 Å². The zero-order valence-electron chi connectivity index (χ0n) is 20.9. The van der Waals surface area contributed by atoms with E-state index in [1.54, 1.807) is 48.5 Å². The number of benzene rings is 3. The molecular weight excluding hydrogens is 514 g/mol. The summed E-state index contributed by atoms with van der Waals surface area (Å²) in [6, 6.07) is 18.6. The van der Waals surface area contributed by atoms with Crippen LogP contribution in [0.1, 0.15) is 37.6 Å². The van der Waals surface area contributed by atoms with E-state index >= 15 is 0 Å². The Hall–Kier alpha value is -3.56. The number of carbonyl (C=O) groups excluding carboxylic acids is 2. The molecule has 0 unspecified atom stereocenters. The average molecular weight is 544 g/mol. The van der Waals surface area contributed by atoms with Gasteiger partial charge in [0.25, 0.3) is 15.9 Å². The molecule has 196 valence electrons. The van der Waals surface area contributed by atoms with Crippen molar-refractivity contribution in [3.63, 3.8) is 0 Å². The second-order valence-corrected chi connectivity index (χ2v) is 10.6. The van der Waals surface area contributed by atoms with Crippen LogP contribution in [0, 0.1) is 0 Å². The normalized spacial score (nSPS) is 11.9. The van der Waals surface area contributed by atoms with Gasteiger partial charge >= 0.3 is 0 Å². The first-order chi connectivity index (χ1) is 17.6. The van der Waals surface area contributed by atoms with Gasteiger partial charge in [0.15, 0.2) is 0 Å². The van der Waals surface area contributed by atoms with E-state index in [1.165, 1.54) is 24.3 Å². The molecule has 8 nitrogen and oxygen atoms in total. The van der Waals surface area contributed by atoms with Crippen molar-refractivity contribution >= 4 is 44.8 Å². The third-order valence-electron chi connectivity index (χ3n) is 5.56. The summed E-state index contributed by atoms with van der Waals surface area (Å²) < 4.78 is 33.6. The Morgan fingerprint density at radius 2 is 1.62 bits per heavy atom. The molecule has 0 saturated carbocycles. The Balaban J connectivity index is 1.91. The molecule has 0 radical (unpaired) electrons. The van der Waals surface area contributed by atoms with Crippen LogP contribution in [-0.4, -0.2) is 39.4 Å². The van der Waals surface area contributed by atoms with Crippen LogP contribution in [0.25, 0.3) is 0 Å². The zero-order chi connectivity index (χ0) is 27.0. The minimum atomic E-state index is -4.14. The molecule has 0 aliphatic heterocycles. The molecule has 0 aliphatic rings. The summed E-state index contributed by atoms with van der Waals surface area (Å²) in [6.07, 6.45) is 0.750. The summed E-state index contributed by atoms with van der Waals surface area (Å²) in [6.45, 7) is 5.61. The van der Waals surface area contributed by atoms with Gasteiger partial charge in [0, 0.05) is 11.1 Å². The van der Waals surface area contributed by atoms with Gasteiger partial charge in [-0.2, -0.15) is 0 Å². The highest BCUT2D eigenvalue weighted by atomic mass is 35.5. The number of nitrogens with one attached hydrogen (secondary N) is 2. The monoisotopic (exact) mass is 543 g/mol. The van der Waals surface area contributed by atoms with Crippen molar-refractivity contribution < 1.29 is 22.7 Å². The Kier molecular flexibility index (Phi) is 9.54. The lowest BCUT2D eigenvalue weighted by Gasteiger charge is -2.24. The van der Waals surface area contributed by atoms with Gasteiger partial charge in [-0.1, -0.05) is 30.7 Å². The van der Waals surface area contributed by atoms with Crippen LogP contribution in [0.5, 0.6) is 5.75 Å². The van der Waals surface area contributed by atoms with E-state index in [0.29, 0.717) is 17.4 Å². The Morgan fingerprint density at radius 3 is 2.24 bits per heavy atom. The number of carbonyl (C=O) groups is 2. The van der Waals surface area contributed by atoms with E-state index in [1.807, 2.05) is 20.8 Å². The maximum atomic E-state index is 13.6. The van der Waals surface area contributed by atoms with Gasteiger partial charge in [-0.05, 0) is 80.9 Å². The fraction of sp³-hybridized carbons (Fsp3) is 0.259. The van der Waals surface area contributed by atoms with Crippen molar-refractivity contribution in [3.05, 3.63) is 83.4 Å². The summed E-state index contributed by atoms with van der Waals surface area (Å²) >= 11 is 5.94. The Morgan fingerprint density at radius 1 is 0.973 bits per heavy atom. The van der Waals surface area contributed by atoms with E-state index < -0.39 is 22.5 Å². The van der Waals surface area contributed by atoms with Gasteiger partial charge in [-0.15, -0.1) is 0 Å². The maximum absolute atomic E-state index is 13.6. The van der Waals surface area contributed by atoms with Gasteiger partial charge in [-0.25, -0.2) is 8.42 Å². The molecule has 1 atom stereocenters. The second-order valence-electron chi connectivity index (χ2n) is 8.27. The molecule has 0 aromatic heterocycles. The number of rotatable bonds is 11. The third kappa shape index (κ3) is 7.24. The van der Waals surface area contributed by atoms with E-state index in [2.05, 4.69) is 10.6 Å². The van der Waals surface area contributed by atoms with Crippen LogP contribution >= 0.6 is 11.6 Å². The summed E-state index contributed by atoms with van der Waals surface area (Å²) in [7, 11) is -4.14. The first-order valence-corrected chi connectivity index (χ1v) is 13.7. The van der Waals surface area contributed by atoms with Crippen LogP contribution in [0.15, 0.2) is 77.7 Å². The number of halogens is 1. The first-order valence-electron chi connectivity index (χ1n) is 11.9. The van der Waals surface area contributed by atoms with Gasteiger partial charge in [-0.3, -0.25) is 13.9 Å². The molecule has 0 fully saturated rings. The van der Waals surface area contributed by atoms with Gasteiger partial charge in [0.05, 0.1) is 28.4 Å². The minimum Gasteiger partial charge on any atom is -0.494 e. The van der Waals surface area contributed by atoms with E-state index in [0.717, 1.165) is 10.7 Å². The molecule has 0 spiro atoms. The number of sulfonamides is 1. The number of anilines is 2. The van der Waals surface area contributed by atoms with Gasteiger partial charge < -0.3 is 15.4 Å². The van der Waals surface area contributed by atoms with Crippen molar-refractivity contribution in [2.45, 2.75) is 38.1 Å². The maximum Gasteiger partial charge on any atom is 0.264 e. The largest absolute Gasteiger partial charge is 0.494 e. The van der Waals surface area contributed by atoms with Crippen LogP contribution in [-0.2, 0) is 14.8 Å². The van der Waals surface area contributed by atoms with Crippen molar-refractivity contribution in [2.24, 2.45) is 0 Å². The topological polar surface area (TPSA) is 105 Å². The summed E-state index contributed by atoms with van der Waals surface area (Å²) in [5.74, 6) is -0.376. The average Bonchev–Trinajstić information content (AvgIpc) is 2.88. The summed E-state index contributed by atoms with van der Waals surface area (Å²) in [4.78, 5) is 25.9. The predicted molar refractivity (Wildman–Crippen MR) is 146 cm³/mol. The quantitative estimate of drug-likeness (QED) is 0.350. The lowest BCUT2D eigenvalue weighted by atomic mass is 10.1. The molecule has 2 N–H and O–H groups in total. The van der Waals surface area contributed by atoms with Crippen molar-refractivity contribution in [3.8, 4) is 5.75 Å². The van der Waals surface area contributed by atoms with Crippen molar-refractivity contribution in [1.82, 2.24) is 5.32 Å². The molecule has 0 saturated heterocycles. The highest BCUT2D eigenvalue weighted by Gasteiger charge is 2.28. The fourth-order valence-electron chi connectivity index (χ4n) is 3.44. The molecule has 3 rings (SSSR count). The second kappa shape index (κ2) is 12.6. The predicted octanol–water partition coefficient (Wildman–Crippen LogP) is 5.10. The lowest BCUT2D eigenvalue weighted by Crippen LogP contribution is -2.38. The zero-order valence-corrected chi connectivity index (χ0v) is 22.5. The highest BCUT2D eigenvalue weighted by Crippen LogP contribution is 2.27. The molecule has 37 heavy (non-hydrogen) atoms. The molecule has 2 amide bonds. The Bertz CT molecular complexity index is 1330. The number of para-hydroxylation sites is 1. The van der Waals surface area contributed by atoms with E-state index in [9.17, 15) is 18.0 Å². The molecular formula is C27H30ClN3O5S. The summed E-state index contributed by atoms with van der Waals surface area (Å²) in [5.41, 5.74) is 0.838. The third-order valence-corrected chi connectivity index (χ3v) is 7.60. The molecule has 0 bridgehead atoms. The van der Waals surface area contributed by atoms with Crippen LogP contribution in [0.4, 0.5) is 11.4 Å². The summed E-state index contributed by atoms with van der Waals surface area (Å²) in [5, 5.41) is 5.95. The van der Waals surface area contributed by atoms with E-state index in [-0.39, 0.29) is 33.8 Å². The number of hydrogen-bond acceptors (Lipinski definition) is 5. The molecule has 10 heteroatoms. The molecule has 0 heterocycles. The smallest absolute Gasteiger partial charge is 0.264 e. The fourth-order valence-corrected chi connectivity index (χ4v) is 4.98. The van der Waals surface area contributed by atoms with Crippen LogP contribution in [0.2, 0.25) is 5.02 Å². The standard InChI is InChI=1S/C27H30ClN3O5S/c1-4-19(3)29-27(33)24-8-6-7-9-25(24)30-26(32)18-31(21-12-14-22(15-13-21)36-5-2)37(34,35)23-16-10-20(28)11-17-23/h6-17,19H,4-5,18H2,1-3H3,(H,29,33)(H,30,32)/t19-/m1/s1. The molecule has 0 aliphatic carbocycles. The number of amides is 2. The van der Waals surface area contributed by atoms with E-state index in [4.69, 9.17) is 16.3 Å². The lowest BCUT2D eigenvalue weighted by molar-refractivity contribution is -0.114. The SMILES string of the molecule is CCOc1ccc(N(CC(=O)Nc2ccccc2C(=O)N[C@H](C)CC)S(=O)(=O)c2ccc(Cl)cc2)cc1. The minimum absolute atomic E-state index is 0.0214. The number of nitrogens with zero attached hydrogens (tertiary/aromatic N) is 1.